The molecule has 2 aliphatic heterocycles. The normalized spacial score (nSPS) is 16.3. The molecule has 4 rings (SSSR count). The predicted molar refractivity (Wildman–Crippen MR) is 105 cm³/mol. The lowest BCUT2D eigenvalue weighted by molar-refractivity contribution is 0.0694. The standard InChI is InChI=1S/C20H20ClN3O4/c21-16-11-14(4-5-15(16)20(26)27)24-8-9-28-17-10-13(12-22-18(17)24)19(25)23-6-2-1-3-7-23/h4-5,10-12H,1-3,6-9H2,(H,26,27). The number of benzene rings is 1. The molecular formula is C20H20ClN3O4. The Hall–Kier alpha value is -2.80. The van der Waals surface area contributed by atoms with Crippen LogP contribution < -0.4 is 9.64 Å². The minimum Gasteiger partial charge on any atom is -0.488 e. The average Bonchev–Trinajstić information content (AvgIpc) is 2.72. The average molecular weight is 402 g/mol. The Balaban J connectivity index is 1.62. The van der Waals surface area contributed by atoms with Crippen molar-refractivity contribution in [3.8, 4) is 5.75 Å². The number of fused-ring (bicyclic) bond motifs is 1. The molecular weight excluding hydrogens is 382 g/mol. The van der Waals surface area contributed by atoms with Crippen LogP contribution in [0.3, 0.4) is 0 Å². The zero-order chi connectivity index (χ0) is 19.7. The largest absolute Gasteiger partial charge is 0.488 e. The van der Waals surface area contributed by atoms with Gasteiger partial charge in [0.05, 0.1) is 22.7 Å². The van der Waals surface area contributed by atoms with E-state index in [1.54, 1.807) is 24.4 Å². The molecule has 146 valence electrons. The Morgan fingerprint density at radius 3 is 2.61 bits per heavy atom. The number of nitrogens with zero attached hydrogens (tertiary/aromatic N) is 3. The van der Waals surface area contributed by atoms with Crippen molar-refractivity contribution in [3.63, 3.8) is 0 Å². The van der Waals surface area contributed by atoms with Gasteiger partial charge in [0.25, 0.3) is 5.91 Å². The smallest absolute Gasteiger partial charge is 0.337 e. The van der Waals surface area contributed by atoms with Crippen molar-refractivity contribution in [2.45, 2.75) is 19.3 Å². The summed E-state index contributed by atoms with van der Waals surface area (Å²) in [7, 11) is 0. The molecule has 1 aromatic carbocycles. The van der Waals surface area contributed by atoms with Crippen LogP contribution in [0.4, 0.5) is 11.5 Å². The number of carboxylic acids is 1. The van der Waals surface area contributed by atoms with E-state index in [1.165, 1.54) is 6.07 Å². The van der Waals surface area contributed by atoms with Crippen molar-refractivity contribution < 1.29 is 19.4 Å². The third kappa shape index (κ3) is 3.49. The number of likely N-dealkylation sites (tertiary alicyclic amines) is 1. The van der Waals surface area contributed by atoms with E-state index < -0.39 is 5.97 Å². The summed E-state index contributed by atoms with van der Waals surface area (Å²) in [6.07, 6.45) is 4.79. The highest BCUT2D eigenvalue weighted by Gasteiger charge is 2.25. The Kier molecular flexibility index (Phi) is 5.09. The summed E-state index contributed by atoms with van der Waals surface area (Å²) < 4.78 is 5.74. The molecule has 1 amide bonds. The number of rotatable bonds is 3. The molecule has 0 saturated carbocycles. The maximum absolute atomic E-state index is 12.7. The van der Waals surface area contributed by atoms with E-state index in [2.05, 4.69) is 4.98 Å². The van der Waals surface area contributed by atoms with Crippen LogP contribution in [0, 0.1) is 0 Å². The van der Waals surface area contributed by atoms with Crippen LogP contribution in [0.1, 0.15) is 40.0 Å². The van der Waals surface area contributed by atoms with Gasteiger partial charge in [-0.25, -0.2) is 9.78 Å². The van der Waals surface area contributed by atoms with E-state index in [1.807, 2.05) is 9.80 Å². The Bertz CT molecular complexity index is 928. The summed E-state index contributed by atoms with van der Waals surface area (Å²) in [6, 6.07) is 6.51. The molecule has 8 heteroatoms. The van der Waals surface area contributed by atoms with E-state index in [0.717, 1.165) is 38.0 Å². The van der Waals surface area contributed by atoms with E-state index >= 15 is 0 Å². The lowest BCUT2D eigenvalue weighted by Gasteiger charge is -2.31. The van der Waals surface area contributed by atoms with E-state index in [4.69, 9.17) is 21.4 Å². The number of pyridine rings is 1. The lowest BCUT2D eigenvalue weighted by atomic mass is 10.1. The van der Waals surface area contributed by atoms with Gasteiger partial charge >= 0.3 is 5.97 Å². The van der Waals surface area contributed by atoms with Crippen molar-refractivity contribution in [3.05, 3.63) is 46.6 Å². The first kappa shape index (κ1) is 18.6. The third-order valence-electron chi connectivity index (χ3n) is 5.05. The highest BCUT2D eigenvalue weighted by atomic mass is 35.5. The van der Waals surface area contributed by atoms with Crippen molar-refractivity contribution in [2.24, 2.45) is 0 Å². The molecule has 2 aromatic rings. The molecule has 0 aliphatic carbocycles. The number of hydrogen-bond acceptors (Lipinski definition) is 5. The Labute approximate surface area is 167 Å². The third-order valence-corrected chi connectivity index (χ3v) is 5.36. The minimum atomic E-state index is -1.07. The summed E-state index contributed by atoms with van der Waals surface area (Å²) in [5, 5.41) is 9.31. The topological polar surface area (TPSA) is 83.0 Å². The van der Waals surface area contributed by atoms with Crippen molar-refractivity contribution in [1.82, 2.24) is 9.88 Å². The van der Waals surface area contributed by atoms with Gasteiger partial charge in [0.15, 0.2) is 11.6 Å². The minimum absolute atomic E-state index is 0.0235. The van der Waals surface area contributed by atoms with Gasteiger partial charge in [-0.15, -0.1) is 0 Å². The maximum Gasteiger partial charge on any atom is 0.337 e. The lowest BCUT2D eigenvalue weighted by Crippen LogP contribution is -2.36. The Morgan fingerprint density at radius 1 is 1.11 bits per heavy atom. The zero-order valence-corrected chi connectivity index (χ0v) is 16.0. The number of piperidine rings is 1. The van der Waals surface area contributed by atoms with Crippen molar-refractivity contribution in [1.29, 1.82) is 0 Å². The number of hydrogen-bond donors (Lipinski definition) is 1. The number of carbonyl (C=O) groups is 2. The van der Waals surface area contributed by atoms with Crippen LogP contribution in [0.5, 0.6) is 5.75 Å². The molecule has 0 bridgehead atoms. The van der Waals surface area contributed by atoms with E-state index in [9.17, 15) is 9.59 Å². The number of carboxylic acid groups (broad SMARTS) is 1. The highest BCUT2D eigenvalue weighted by molar-refractivity contribution is 6.33. The molecule has 2 aliphatic rings. The molecule has 1 saturated heterocycles. The van der Waals surface area contributed by atoms with Crippen LogP contribution in [0.25, 0.3) is 0 Å². The van der Waals surface area contributed by atoms with Crippen LogP contribution in [-0.2, 0) is 0 Å². The van der Waals surface area contributed by atoms with Crippen LogP contribution in [-0.4, -0.2) is 53.1 Å². The van der Waals surface area contributed by atoms with Gasteiger partial charge < -0.3 is 19.6 Å². The highest BCUT2D eigenvalue weighted by Crippen LogP contribution is 2.37. The maximum atomic E-state index is 12.7. The number of aromatic nitrogens is 1. The molecule has 28 heavy (non-hydrogen) atoms. The molecule has 3 heterocycles. The molecule has 7 nitrogen and oxygen atoms in total. The van der Waals surface area contributed by atoms with Crippen LogP contribution in [0.2, 0.25) is 5.02 Å². The number of halogens is 1. The summed E-state index contributed by atoms with van der Waals surface area (Å²) in [4.78, 5) is 32.1. The van der Waals surface area contributed by atoms with E-state index in [-0.39, 0.29) is 16.5 Å². The fourth-order valence-electron chi connectivity index (χ4n) is 3.59. The Morgan fingerprint density at radius 2 is 1.89 bits per heavy atom. The summed E-state index contributed by atoms with van der Waals surface area (Å²) in [6.45, 7) is 2.52. The molecule has 0 unspecified atom stereocenters. The molecule has 0 radical (unpaired) electrons. The number of ether oxygens (including phenoxy) is 1. The monoisotopic (exact) mass is 401 g/mol. The van der Waals surface area contributed by atoms with Gasteiger partial charge in [-0.1, -0.05) is 11.6 Å². The molecule has 1 fully saturated rings. The van der Waals surface area contributed by atoms with Gasteiger partial charge in [-0.2, -0.15) is 0 Å². The zero-order valence-electron chi connectivity index (χ0n) is 15.2. The van der Waals surface area contributed by atoms with Gasteiger partial charge in [0.1, 0.15) is 6.61 Å². The summed E-state index contributed by atoms with van der Waals surface area (Å²) in [5.41, 5.74) is 1.29. The quantitative estimate of drug-likeness (QED) is 0.846. The van der Waals surface area contributed by atoms with E-state index in [0.29, 0.717) is 30.3 Å². The van der Waals surface area contributed by atoms with Crippen LogP contribution in [0.15, 0.2) is 30.5 Å². The fraction of sp³-hybridized carbons (Fsp3) is 0.350. The SMILES string of the molecule is O=C(O)c1ccc(N2CCOc3cc(C(=O)N4CCCCC4)cnc32)cc1Cl. The first-order valence-corrected chi connectivity index (χ1v) is 9.65. The molecule has 0 atom stereocenters. The second-order valence-electron chi connectivity index (χ2n) is 6.87. The number of aromatic carboxylic acids is 1. The molecule has 1 aromatic heterocycles. The first-order valence-electron chi connectivity index (χ1n) is 9.27. The van der Waals surface area contributed by atoms with Gasteiger partial charge in [-0.05, 0) is 43.5 Å². The first-order chi connectivity index (χ1) is 13.5. The predicted octanol–water partition coefficient (Wildman–Crippen LogP) is 3.59. The summed E-state index contributed by atoms with van der Waals surface area (Å²) >= 11 is 6.11. The second-order valence-corrected chi connectivity index (χ2v) is 7.28. The second kappa shape index (κ2) is 7.67. The fourth-order valence-corrected chi connectivity index (χ4v) is 3.85. The van der Waals surface area contributed by atoms with Crippen molar-refractivity contribution in [2.75, 3.05) is 31.1 Å². The van der Waals surface area contributed by atoms with Gasteiger partial charge in [0.2, 0.25) is 0 Å². The molecule has 0 spiro atoms. The number of carbonyl (C=O) groups excluding carboxylic acids is 1. The number of anilines is 2. The van der Waals surface area contributed by atoms with Crippen molar-refractivity contribution >= 4 is 35.0 Å². The summed E-state index contributed by atoms with van der Waals surface area (Å²) in [5.74, 6) is 0.0237. The number of amides is 1. The molecule has 1 N–H and O–H groups in total. The van der Waals surface area contributed by atoms with Gasteiger partial charge in [0, 0.05) is 25.0 Å². The van der Waals surface area contributed by atoms with Crippen LogP contribution >= 0.6 is 11.6 Å². The van der Waals surface area contributed by atoms with Gasteiger partial charge in [-0.3, -0.25) is 4.79 Å².